The summed E-state index contributed by atoms with van der Waals surface area (Å²) in [4.78, 5) is 13.0. The number of allylic oxidation sites excluding steroid dienone is 2. The first-order chi connectivity index (χ1) is 11.0. The number of benzene rings is 1. The van der Waals surface area contributed by atoms with Crippen molar-refractivity contribution in [1.82, 2.24) is 0 Å². The SMILES string of the molecule is CCSC1=C/C(=N\S(=O)(=O)c2cccs2)c2ccccc2C1=O. The first-order valence-corrected chi connectivity index (χ1v) is 10.2. The van der Waals surface area contributed by atoms with Gasteiger partial charge in [-0.3, -0.25) is 4.79 Å². The zero-order valence-corrected chi connectivity index (χ0v) is 14.7. The van der Waals surface area contributed by atoms with E-state index < -0.39 is 10.0 Å². The third-order valence-electron chi connectivity index (χ3n) is 3.21. The number of nitrogens with zero attached hydrogens (tertiary/aromatic N) is 1. The van der Waals surface area contributed by atoms with E-state index in [2.05, 4.69) is 4.40 Å². The van der Waals surface area contributed by atoms with Crippen molar-refractivity contribution in [3.05, 3.63) is 63.9 Å². The van der Waals surface area contributed by atoms with Gasteiger partial charge >= 0.3 is 0 Å². The first kappa shape index (κ1) is 16.2. The average Bonchev–Trinajstić information content (AvgIpc) is 3.07. The normalized spacial score (nSPS) is 16.3. The van der Waals surface area contributed by atoms with Crippen molar-refractivity contribution in [2.75, 3.05) is 5.75 Å². The predicted molar refractivity (Wildman–Crippen MR) is 95.0 cm³/mol. The highest BCUT2D eigenvalue weighted by Crippen LogP contribution is 2.29. The van der Waals surface area contributed by atoms with Gasteiger partial charge in [-0.15, -0.1) is 23.1 Å². The molecule has 0 aliphatic heterocycles. The van der Waals surface area contributed by atoms with Crippen molar-refractivity contribution < 1.29 is 13.2 Å². The monoisotopic (exact) mass is 363 g/mol. The summed E-state index contributed by atoms with van der Waals surface area (Å²) in [6, 6.07) is 10.2. The molecule has 0 unspecified atom stereocenters. The number of carbonyl (C=O) groups excluding carboxylic acids is 1. The molecule has 23 heavy (non-hydrogen) atoms. The maximum absolute atomic E-state index is 12.5. The number of hydrogen-bond acceptors (Lipinski definition) is 5. The molecule has 0 N–H and O–H groups in total. The van der Waals surface area contributed by atoms with E-state index >= 15 is 0 Å². The summed E-state index contributed by atoms with van der Waals surface area (Å²) in [5, 5.41) is 1.69. The highest BCUT2D eigenvalue weighted by Gasteiger charge is 2.26. The molecule has 1 aromatic heterocycles. The Morgan fingerprint density at radius 2 is 1.87 bits per heavy atom. The van der Waals surface area contributed by atoms with Crippen LogP contribution in [0, 0.1) is 0 Å². The Bertz CT molecular complexity index is 910. The molecule has 2 aromatic rings. The molecule has 1 heterocycles. The fraction of sp³-hybridized carbons (Fsp3) is 0.125. The van der Waals surface area contributed by atoms with Gasteiger partial charge in [0.25, 0.3) is 10.0 Å². The van der Waals surface area contributed by atoms with Crippen molar-refractivity contribution >= 4 is 44.6 Å². The molecule has 0 spiro atoms. The summed E-state index contributed by atoms with van der Waals surface area (Å²) in [5.74, 6) is 0.643. The van der Waals surface area contributed by atoms with Gasteiger partial charge in [-0.25, -0.2) is 0 Å². The molecular weight excluding hydrogens is 350 g/mol. The van der Waals surface area contributed by atoms with Crippen molar-refractivity contribution in [2.45, 2.75) is 11.1 Å². The highest BCUT2D eigenvalue weighted by atomic mass is 32.2. The van der Waals surface area contributed by atoms with Crippen LogP contribution < -0.4 is 0 Å². The van der Waals surface area contributed by atoms with Gasteiger partial charge in [-0.2, -0.15) is 12.8 Å². The van der Waals surface area contributed by atoms with Gasteiger partial charge in [0.2, 0.25) is 0 Å². The van der Waals surface area contributed by atoms with E-state index in [1.54, 1.807) is 41.8 Å². The molecule has 7 heteroatoms. The summed E-state index contributed by atoms with van der Waals surface area (Å²) in [6.45, 7) is 1.94. The molecule has 0 saturated carbocycles. The number of sulfonamides is 1. The molecule has 1 aromatic carbocycles. The van der Waals surface area contributed by atoms with Crippen LogP contribution in [0.15, 0.2) is 61.4 Å². The van der Waals surface area contributed by atoms with Crippen molar-refractivity contribution in [2.24, 2.45) is 4.40 Å². The lowest BCUT2D eigenvalue weighted by atomic mass is 9.94. The molecule has 0 fully saturated rings. The van der Waals surface area contributed by atoms with Crippen molar-refractivity contribution in [3.8, 4) is 0 Å². The molecule has 1 aliphatic carbocycles. The largest absolute Gasteiger partial charge is 0.292 e. The molecule has 0 amide bonds. The Kier molecular flexibility index (Phi) is 4.52. The summed E-state index contributed by atoms with van der Waals surface area (Å²) in [5.41, 5.74) is 1.36. The van der Waals surface area contributed by atoms with Gasteiger partial charge in [0.15, 0.2) is 5.78 Å². The smallest absolute Gasteiger partial charge is 0.288 e. The Hall–Kier alpha value is -1.70. The van der Waals surface area contributed by atoms with E-state index in [0.717, 1.165) is 17.1 Å². The molecule has 118 valence electrons. The van der Waals surface area contributed by atoms with Crippen LogP contribution in [-0.2, 0) is 10.0 Å². The highest BCUT2D eigenvalue weighted by molar-refractivity contribution is 8.04. The fourth-order valence-corrected chi connectivity index (χ4v) is 4.94. The molecule has 4 nitrogen and oxygen atoms in total. The number of ketones is 1. The number of fused-ring (bicyclic) bond motifs is 1. The molecule has 0 radical (unpaired) electrons. The van der Waals surface area contributed by atoms with E-state index in [0.29, 0.717) is 21.7 Å². The van der Waals surface area contributed by atoms with Gasteiger partial charge in [-0.1, -0.05) is 37.3 Å². The zero-order chi connectivity index (χ0) is 16.4. The van der Waals surface area contributed by atoms with E-state index in [-0.39, 0.29) is 9.99 Å². The van der Waals surface area contributed by atoms with Crippen LogP contribution >= 0.6 is 23.1 Å². The standard InChI is InChI=1S/C16H13NO3S3/c1-2-21-14-10-13(11-6-3-4-7-12(11)16(14)18)17-23(19,20)15-8-5-9-22-15/h3-10H,2H2,1H3/b17-13+. The number of Topliss-reactive ketones (excluding diaryl/α,β-unsaturated/α-hetero) is 1. The molecule has 0 bridgehead atoms. The number of thioether (sulfide) groups is 1. The summed E-state index contributed by atoms with van der Waals surface area (Å²) in [7, 11) is -3.77. The van der Waals surface area contributed by atoms with Crippen LogP contribution in [0.2, 0.25) is 0 Å². The topological polar surface area (TPSA) is 63.6 Å². The maximum atomic E-state index is 12.5. The third kappa shape index (κ3) is 3.17. The number of thiophene rings is 1. The number of hydrogen-bond donors (Lipinski definition) is 0. The van der Waals surface area contributed by atoms with E-state index in [1.807, 2.05) is 6.92 Å². The van der Waals surface area contributed by atoms with Crippen LogP contribution in [0.3, 0.4) is 0 Å². The second kappa shape index (κ2) is 6.43. The predicted octanol–water partition coefficient (Wildman–Crippen LogP) is 3.76. The fourth-order valence-electron chi connectivity index (χ4n) is 2.23. The summed E-state index contributed by atoms with van der Waals surface area (Å²) < 4.78 is 29.0. The number of carbonyl (C=O) groups is 1. The molecule has 0 saturated heterocycles. The second-order valence-electron chi connectivity index (χ2n) is 4.70. The van der Waals surface area contributed by atoms with Crippen molar-refractivity contribution in [1.29, 1.82) is 0 Å². The van der Waals surface area contributed by atoms with Crippen molar-refractivity contribution in [3.63, 3.8) is 0 Å². The molecule has 3 rings (SSSR count). The van der Waals surface area contributed by atoms with E-state index in [4.69, 9.17) is 0 Å². The van der Waals surface area contributed by atoms with Gasteiger partial charge in [-0.05, 0) is 23.3 Å². The maximum Gasteiger partial charge on any atom is 0.292 e. The zero-order valence-electron chi connectivity index (χ0n) is 12.2. The summed E-state index contributed by atoms with van der Waals surface area (Å²) >= 11 is 2.51. The minimum Gasteiger partial charge on any atom is -0.288 e. The second-order valence-corrected chi connectivity index (χ2v) is 8.78. The van der Waals surface area contributed by atoms with Gasteiger partial charge in [0, 0.05) is 11.1 Å². The molecule has 0 atom stereocenters. The van der Waals surface area contributed by atoms with Crippen LogP contribution in [0.25, 0.3) is 0 Å². The molecule has 1 aliphatic rings. The minimum absolute atomic E-state index is 0.0834. The van der Waals surface area contributed by atoms with Crippen LogP contribution in [0.4, 0.5) is 0 Å². The lowest BCUT2D eigenvalue weighted by Gasteiger charge is -2.16. The Morgan fingerprint density at radius 1 is 1.13 bits per heavy atom. The van der Waals surface area contributed by atoms with Gasteiger partial charge < -0.3 is 0 Å². The third-order valence-corrected chi connectivity index (χ3v) is 6.77. The number of rotatable bonds is 4. The molecular formula is C16H13NO3S3. The Morgan fingerprint density at radius 3 is 2.52 bits per heavy atom. The van der Waals surface area contributed by atoms with Crippen LogP contribution in [-0.4, -0.2) is 25.7 Å². The van der Waals surface area contributed by atoms with E-state index in [1.165, 1.54) is 17.8 Å². The lowest BCUT2D eigenvalue weighted by molar-refractivity contribution is 0.104. The van der Waals surface area contributed by atoms with Crippen LogP contribution in [0.5, 0.6) is 0 Å². The Balaban J connectivity index is 2.16. The minimum atomic E-state index is -3.77. The van der Waals surface area contributed by atoms with Gasteiger partial charge in [0.1, 0.15) is 4.21 Å². The lowest BCUT2D eigenvalue weighted by Crippen LogP contribution is -2.17. The van der Waals surface area contributed by atoms with Gasteiger partial charge in [0.05, 0.1) is 10.6 Å². The first-order valence-electron chi connectivity index (χ1n) is 6.90. The summed E-state index contributed by atoms with van der Waals surface area (Å²) in [6.07, 6.45) is 1.57. The quantitative estimate of drug-likeness (QED) is 0.830. The van der Waals surface area contributed by atoms with Crippen LogP contribution in [0.1, 0.15) is 22.8 Å². The average molecular weight is 363 g/mol. The van der Waals surface area contributed by atoms with E-state index in [9.17, 15) is 13.2 Å². The Labute approximate surface area is 143 Å².